The molecule has 0 bridgehead atoms. The molecule has 7 nitrogen and oxygen atoms in total. The second-order valence-corrected chi connectivity index (χ2v) is 6.00. The van der Waals surface area contributed by atoms with Crippen molar-refractivity contribution in [1.82, 2.24) is 15.5 Å². The topological polar surface area (TPSA) is 98.7 Å². The minimum absolute atomic E-state index is 0.198. The van der Waals surface area contributed by atoms with Crippen LogP contribution in [0, 0.1) is 5.41 Å². The third kappa shape index (κ3) is 3.61. The predicted molar refractivity (Wildman–Crippen MR) is 73.2 cm³/mol. The van der Waals surface area contributed by atoms with Crippen LogP contribution in [0.3, 0.4) is 0 Å². The molecule has 2 unspecified atom stereocenters. The number of aliphatic carboxylic acids is 1. The van der Waals surface area contributed by atoms with Crippen molar-refractivity contribution in [2.24, 2.45) is 5.41 Å². The maximum absolute atomic E-state index is 12.2. The van der Waals surface area contributed by atoms with Crippen molar-refractivity contribution in [3.63, 3.8) is 0 Å². The molecule has 3 N–H and O–H groups in total. The summed E-state index contributed by atoms with van der Waals surface area (Å²) in [7, 11) is 0. The summed E-state index contributed by atoms with van der Waals surface area (Å²) < 4.78 is 0. The highest BCUT2D eigenvalue weighted by atomic mass is 16.4. The van der Waals surface area contributed by atoms with E-state index in [2.05, 4.69) is 10.6 Å². The molecule has 1 saturated heterocycles. The average molecular weight is 285 g/mol. The van der Waals surface area contributed by atoms with Crippen molar-refractivity contribution in [1.29, 1.82) is 0 Å². The quantitative estimate of drug-likeness (QED) is 0.699. The highest BCUT2D eigenvalue weighted by Gasteiger charge is 2.37. The fourth-order valence-electron chi connectivity index (χ4n) is 2.22. The van der Waals surface area contributed by atoms with Crippen LogP contribution in [0.4, 0.5) is 4.79 Å². The van der Waals surface area contributed by atoms with Crippen LogP contribution in [0.2, 0.25) is 0 Å². The zero-order valence-electron chi connectivity index (χ0n) is 12.4. The van der Waals surface area contributed by atoms with Gasteiger partial charge in [0.1, 0.15) is 12.1 Å². The number of rotatable bonds is 3. The Hall–Kier alpha value is -1.79. The molecule has 3 amide bonds. The number of carboxylic acids is 1. The van der Waals surface area contributed by atoms with E-state index in [1.165, 1.54) is 4.90 Å². The summed E-state index contributed by atoms with van der Waals surface area (Å²) in [5.74, 6) is -1.28. The zero-order valence-corrected chi connectivity index (χ0v) is 12.4. The van der Waals surface area contributed by atoms with Gasteiger partial charge in [0.2, 0.25) is 5.91 Å². The maximum Gasteiger partial charge on any atom is 0.326 e. The lowest BCUT2D eigenvalue weighted by molar-refractivity contribution is -0.142. The third-order valence-corrected chi connectivity index (χ3v) is 3.36. The fraction of sp³-hybridized carbons (Fsp3) is 0.769. The number of amides is 3. The van der Waals surface area contributed by atoms with Crippen molar-refractivity contribution in [3.8, 4) is 0 Å². The van der Waals surface area contributed by atoms with Crippen LogP contribution in [0.5, 0.6) is 0 Å². The molecule has 1 fully saturated rings. The van der Waals surface area contributed by atoms with Gasteiger partial charge in [-0.1, -0.05) is 27.7 Å². The summed E-state index contributed by atoms with van der Waals surface area (Å²) in [5, 5.41) is 14.4. The van der Waals surface area contributed by atoms with Gasteiger partial charge < -0.3 is 20.6 Å². The van der Waals surface area contributed by atoms with Crippen LogP contribution >= 0.6 is 0 Å². The SMILES string of the molecule is CCC1C(=O)NCCN1C(=O)NC(C(=O)O)C(C)(C)C. The molecule has 20 heavy (non-hydrogen) atoms. The summed E-state index contributed by atoms with van der Waals surface area (Å²) in [6.07, 6.45) is 0.493. The highest BCUT2D eigenvalue weighted by molar-refractivity contribution is 5.90. The Morgan fingerprint density at radius 1 is 1.50 bits per heavy atom. The Morgan fingerprint density at radius 3 is 2.55 bits per heavy atom. The van der Waals surface area contributed by atoms with E-state index in [1.54, 1.807) is 20.8 Å². The molecule has 0 radical (unpaired) electrons. The summed E-state index contributed by atoms with van der Waals surface area (Å²) in [4.78, 5) is 36.6. The van der Waals surface area contributed by atoms with Crippen LogP contribution in [-0.2, 0) is 9.59 Å². The predicted octanol–water partition coefficient (Wildman–Crippen LogP) is 0.406. The minimum atomic E-state index is -1.08. The van der Waals surface area contributed by atoms with Gasteiger partial charge in [-0.05, 0) is 11.8 Å². The van der Waals surface area contributed by atoms with E-state index in [4.69, 9.17) is 0 Å². The second-order valence-electron chi connectivity index (χ2n) is 6.00. The number of nitrogens with one attached hydrogen (secondary N) is 2. The number of carbonyl (C=O) groups is 3. The first-order valence-electron chi connectivity index (χ1n) is 6.76. The number of piperazine rings is 1. The minimum Gasteiger partial charge on any atom is -0.480 e. The molecule has 1 rings (SSSR count). The second kappa shape index (κ2) is 6.11. The Bertz CT molecular complexity index is 403. The van der Waals surface area contributed by atoms with Crippen molar-refractivity contribution < 1.29 is 19.5 Å². The van der Waals surface area contributed by atoms with Gasteiger partial charge in [-0.2, -0.15) is 0 Å². The van der Waals surface area contributed by atoms with Crippen LogP contribution < -0.4 is 10.6 Å². The molecule has 0 aromatic heterocycles. The van der Waals surface area contributed by atoms with E-state index in [-0.39, 0.29) is 5.91 Å². The van der Waals surface area contributed by atoms with E-state index in [9.17, 15) is 19.5 Å². The molecule has 0 aromatic rings. The highest BCUT2D eigenvalue weighted by Crippen LogP contribution is 2.20. The lowest BCUT2D eigenvalue weighted by Crippen LogP contribution is -2.62. The van der Waals surface area contributed by atoms with E-state index in [1.807, 2.05) is 6.92 Å². The first-order valence-corrected chi connectivity index (χ1v) is 6.76. The number of carbonyl (C=O) groups excluding carboxylic acids is 2. The van der Waals surface area contributed by atoms with Crippen molar-refractivity contribution in [2.75, 3.05) is 13.1 Å². The zero-order chi connectivity index (χ0) is 15.5. The first kappa shape index (κ1) is 16.3. The van der Waals surface area contributed by atoms with Gasteiger partial charge in [-0.25, -0.2) is 9.59 Å². The van der Waals surface area contributed by atoms with E-state index in [0.29, 0.717) is 19.5 Å². The molecule has 0 spiro atoms. The Labute approximate surface area is 118 Å². The maximum atomic E-state index is 12.2. The van der Waals surface area contributed by atoms with E-state index < -0.39 is 29.5 Å². The van der Waals surface area contributed by atoms with Crippen molar-refractivity contribution in [3.05, 3.63) is 0 Å². The van der Waals surface area contributed by atoms with E-state index >= 15 is 0 Å². The van der Waals surface area contributed by atoms with Gasteiger partial charge in [0.25, 0.3) is 0 Å². The normalized spacial score (nSPS) is 21.1. The smallest absolute Gasteiger partial charge is 0.326 e. The summed E-state index contributed by atoms with van der Waals surface area (Å²) in [5.41, 5.74) is -0.610. The Kier molecular flexibility index (Phi) is 4.97. The molecule has 2 atom stereocenters. The van der Waals surface area contributed by atoms with Crippen molar-refractivity contribution >= 4 is 17.9 Å². The number of hydrogen-bond donors (Lipinski definition) is 3. The summed E-state index contributed by atoms with van der Waals surface area (Å²) in [6.45, 7) is 7.81. The molecule has 1 aliphatic heterocycles. The molecule has 0 aromatic carbocycles. The van der Waals surface area contributed by atoms with Gasteiger partial charge >= 0.3 is 12.0 Å². The lowest BCUT2D eigenvalue weighted by atomic mass is 9.87. The van der Waals surface area contributed by atoms with Crippen LogP contribution in [0.1, 0.15) is 34.1 Å². The first-order chi connectivity index (χ1) is 9.18. The molecular weight excluding hydrogens is 262 g/mol. The summed E-state index contributed by atoms with van der Waals surface area (Å²) >= 11 is 0. The van der Waals surface area contributed by atoms with Crippen LogP contribution in [0.15, 0.2) is 0 Å². The van der Waals surface area contributed by atoms with Crippen molar-refractivity contribution in [2.45, 2.75) is 46.2 Å². The van der Waals surface area contributed by atoms with Gasteiger partial charge in [-0.15, -0.1) is 0 Å². The fourth-order valence-corrected chi connectivity index (χ4v) is 2.22. The number of hydrogen-bond acceptors (Lipinski definition) is 3. The molecule has 0 saturated carbocycles. The molecule has 1 aliphatic rings. The standard InChI is InChI=1S/C13H23N3O4/c1-5-8-10(17)14-6-7-16(8)12(20)15-9(11(18)19)13(2,3)4/h8-9H,5-7H2,1-4H3,(H,14,17)(H,15,20)(H,18,19). The molecule has 114 valence electrons. The number of nitrogens with zero attached hydrogens (tertiary/aromatic N) is 1. The molecular formula is C13H23N3O4. The largest absolute Gasteiger partial charge is 0.480 e. The van der Waals surface area contributed by atoms with Crippen LogP contribution in [-0.4, -0.2) is 53.1 Å². The monoisotopic (exact) mass is 285 g/mol. The summed E-state index contributed by atoms with van der Waals surface area (Å²) in [6, 6.07) is -2.05. The number of urea groups is 1. The van der Waals surface area contributed by atoms with Crippen LogP contribution in [0.25, 0.3) is 0 Å². The molecule has 7 heteroatoms. The Morgan fingerprint density at radius 2 is 2.10 bits per heavy atom. The molecule has 1 heterocycles. The van der Waals surface area contributed by atoms with Gasteiger partial charge in [0, 0.05) is 13.1 Å². The number of carboxylic acid groups (broad SMARTS) is 1. The van der Waals surface area contributed by atoms with Gasteiger partial charge in [-0.3, -0.25) is 4.79 Å². The van der Waals surface area contributed by atoms with Gasteiger partial charge in [0.05, 0.1) is 0 Å². The van der Waals surface area contributed by atoms with E-state index in [0.717, 1.165) is 0 Å². The average Bonchev–Trinajstić information content (AvgIpc) is 2.33. The Balaban J connectivity index is 2.83. The molecule has 0 aliphatic carbocycles. The van der Waals surface area contributed by atoms with Gasteiger partial charge in [0.15, 0.2) is 0 Å². The lowest BCUT2D eigenvalue weighted by Gasteiger charge is -2.36. The third-order valence-electron chi connectivity index (χ3n) is 3.36.